The van der Waals surface area contributed by atoms with E-state index in [4.69, 9.17) is 10.5 Å². The molecule has 0 spiro atoms. The number of hydrogen-bond donors (Lipinski definition) is 1. The summed E-state index contributed by atoms with van der Waals surface area (Å²) in [6, 6.07) is 5.21. The zero-order valence-corrected chi connectivity index (χ0v) is 16.5. The number of nitrogen functional groups attached to an aromatic ring is 1. The minimum Gasteiger partial charge on any atom is -0.491 e. The zero-order chi connectivity index (χ0) is 22.8. The topological polar surface area (TPSA) is 85.8 Å². The molecule has 1 aliphatic heterocycles. The predicted octanol–water partition coefficient (Wildman–Crippen LogP) is 3.83. The van der Waals surface area contributed by atoms with Crippen molar-refractivity contribution < 1.29 is 27.1 Å². The highest BCUT2D eigenvalue weighted by atomic mass is 19.4. The fourth-order valence-corrected chi connectivity index (χ4v) is 3.91. The second-order valence-corrected chi connectivity index (χ2v) is 7.43. The molecule has 1 aliphatic rings. The van der Waals surface area contributed by atoms with Crippen molar-refractivity contribution in [3.05, 3.63) is 65.4 Å². The first kappa shape index (κ1) is 20.0. The number of alkyl halides is 3. The number of rotatable bonds is 2. The van der Waals surface area contributed by atoms with Gasteiger partial charge in [-0.25, -0.2) is 14.4 Å². The summed E-state index contributed by atoms with van der Waals surface area (Å²) in [5.41, 5.74) is 5.92. The molecule has 0 unspecified atom stereocenters. The Morgan fingerprint density at radius 2 is 2.06 bits per heavy atom. The summed E-state index contributed by atoms with van der Waals surface area (Å²) in [5, 5.41) is 0. The van der Waals surface area contributed by atoms with Crippen molar-refractivity contribution in [2.75, 3.05) is 19.4 Å². The van der Waals surface area contributed by atoms with Gasteiger partial charge in [-0.2, -0.15) is 13.2 Å². The highest BCUT2D eigenvalue weighted by Gasteiger charge is 2.36. The maximum atomic E-state index is 15.5. The summed E-state index contributed by atoms with van der Waals surface area (Å²) in [6.45, 7) is -0.0437. The van der Waals surface area contributed by atoms with E-state index in [1.807, 2.05) is 0 Å². The number of anilines is 1. The molecule has 1 atom stereocenters. The Kier molecular flexibility index (Phi) is 4.26. The molecule has 0 aliphatic carbocycles. The second-order valence-electron chi connectivity index (χ2n) is 7.43. The molecule has 1 amide bonds. The van der Waals surface area contributed by atoms with Gasteiger partial charge >= 0.3 is 6.18 Å². The minimum atomic E-state index is -4.51. The molecule has 0 radical (unpaired) electrons. The van der Waals surface area contributed by atoms with Crippen LogP contribution >= 0.6 is 0 Å². The Morgan fingerprint density at radius 1 is 1.28 bits per heavy atom. The van der Waals surface area contributed by atoms with E-state index in [-0.39, 0.29) is 34.8 Å². The first-order chi connectivity index (χ1) is 15.2. The van der Waals surface area contributed by atoms with Crippen molar-refractivity contribution in [2.45, 2.75) is 12.2 Å². The zero-order valence-electron chi connectivity index (χ0n) is 16.5. The average molecular weight is 445 g/mol. The van der Waals surface area contributed by atoms with Crippen LogP contribution in [0.3, 0.4) is 0 Å². The number of amides is 1. The van der Waals surface area contributed by atoms with Crippen LogP contribution in [0.1, 0.15) is 27.5 Å². The number of likely N-dealkylation sites (N-methyl/N-ethyl adjacent to an activating group) is 1. The second kappa shape index (κ2) is 6.81. The number of aromatic nitrogens is 3. The Hall–Kier alpha value is -3.89. The van der Waals surface area contributed by atoms with E-state index in [0.29, 0.717) is 11.1 Å². The van der Waals surface area contributed by atoms with Crippen LogP contribution in [0, 0.1) is 5.82 Å². The van der Waals surface area contributed by atoms with Crippen LogP contribution in [-0.4, -0.2) is 38.8 Å². The van der Waals surface area contributed by atoms with Crippen molar-refractivity contribution in [3.8, 4) is 5.75 Å². The lowest BCUT2D eigenvalue weighted by atomic mass is 10.0. The number of nitrogens with two attached hydrogens (primary N) is 1. The highest BCUT2D eigenvalue weighted by molar-refractivity contribution is 5.99. The summed E-state index contributed by atoms with van der Waals surface area (Å²) >= 11 is 0. The number of hydrogen-bond acceptors (Lipinski definition) is 5. The van der Waals surface area contributed by atoms with Gasteiger partial charge in [0.15, 0.2) is 5.82 Å². The quantitative estimate of drug-likeness (QED) is 0.474. The maximum absolute atomic E-state index is 15.5. The van der Waals surface area contributed by atoms with Gasteiger partial charge in [0.05, 0.1) is 35.2 Å². The van der Waals surface area contributed by atoms with Crippen LogP contribution in [0.15, 0.2) is 42.9 Å². The molecule has 0 fully saturated rings. The van der Waals surface area contributed by atoms with E-state index >= 15 is 4.39 Å². The Morgan fingerprint density at radius 3 is 2.81 bits per heavy atom. The third-order valence-electron chi connectivity index (χ3n) is 5.59. The predicted molar refractivity (Wildman–Crippen MR) is 107 cm³/mol. The van der Waals surface area contributed by atoms with Crippen molar-refractivity contribution in [1.82, 2.24) is 19.3 Å². The van der Waals surface area contributed by atoms with E-state index in [2.05, 4.69) is 9.97 Å². The number of carbonyl (C=O) groups is 1. The van der Waals surface area contributed by atoms with Gasteiger partial charge in [-0.15, -0.1) is 0 Å². The molecule has 2 aromatic carbocycles. The number of halogens is 4. The van der Waals surface area contributed by atoms with E-state index in [1.54, 1.807) is 0 Å². The van der Waals surface area contributed by atoms with E-state index in [9.17, 15) is 18.0 Å². The van der Waals surface area contributed by atoms with Gasteiger partial charge < -0.3 is 15.4 Å². The third-order valence-corrected chi connectivity index (χ3v) is 5.59. The lowest BCUT2D eigenvalue weighted by molar-refractivity contribution is -0.137. The number of nitrogens with zero attached hydrogens (tertiary/aromatic N) is 4. The molecule has 32 heavy (non-hydrogen) atoms. The summed E-state index contributed by atoms with van der Waals surface area (Å²) in [5.74, 6) is -1.25. The lowest BCUT2D eigenvalue weighted by Crippen LogP contribution is -2.32. The number of ether oxygens (including phenoxy) is 1. The van der Waals surface area contributed by atoms with Crippen molar-refractivity contribution in [1.29, 1.82) is 0 Å². The lowest BCUT2D eigenvalue weighted by Gasteiger charge is -2.24. The van der Waals surface area contributed by atoms with Crippen molar-refractivity contribution in [3.63, 3.8) is 0 Å². The summed E-state index contributed by atoms with van der Waals surface area (Å²) < 4.78 is 61.2. The van der Waals surface area contributed by atoms with E-state index < -0.39 is 29.5 Å². The summed E-state index contributed by atoms with van der Waals surface area (Å²) in [6.07, 6.45) is -1.71. The molecular formula is C21H15F4N5O2. The van der Waals surface area contributed by atoms with Gasteiger partial charge in [-0.3, -0.25) is 9.20 Å². The fraction of sp³-hybridized carbons (Fsp3) is 0.190. The molecule has 7 nitrogen and oxygen atoms in total. The van der Waals surface area contributed by atoms with Crippen LogP contribution in [-0.2, 0) is 6.18 Å². The van der Waals surface area contributed by atoms with Gasteiger partial charge in [-0.05, 0) is 24.3 Å². The van der Waals surface area contributed by atoms with Gasteiger partial charge in [0.2, 0.25) is 0 Å². The summed E-state index contributed by atoms with van der Waals surface area (Å²) in [4.78, 5) is 22.5. The number of imidazole rings is 1. The Bertz CT molecular complexity index is 1400. The number of fused-ring (bicyclic) bond motifs is 4. The summed E-state index contributed by atoms with van der Waals surface area (Å²) in [7, 11) is 1.45. The third kappa shape index (κ3) is 2.92. The molecule has 3 heterocycles. The van der Waals surface area contributed by atoms with Gasteiger partial charge in [-0.1, -0.05) is 6.07 Å². The Balaban J connectivity index is 1.53. The van der Waals surface area contributed by atoms with Crippen LogP contribution < -0.4 is 10.5 Å². The molecular weight excluding hydrogens is 430 g/mol. The molecule has 2 N–H and O–H groups in total. The van der Waals surface area contributed by atoms with E-state index in [1.165, 1.54) is 47.1 Å². The van der Waals surface area contributed by atoms with Gasteiger partial charge in [0, 0.05) is 12.6 Å². The molecule has 0 saturated heterocycles. The SMILES string of the molecule is CN(C(=O)c1ccc2nc(N)c3cncn3c2c1F)[C@@H]1COc2cc(C(F)(F)F)ccc21. The molecule has 164 valence electrons. The molecule has 2 aromatic heterocycles. The molecule has 5 rings (SSSR count). The molecule has 11 heteroatoms. The molecule has 0 saturated carbocycles. The first-order valence-corrected chi connectivity index (χ1v) is 9.47. The van der Waals surface area contributed by atoms with Crippen LogP contribution in [0.4, 0.5) is 23.4 Å². The minimum absolute atomic E-state index is 0.0437. The molecule has 0 bridgehead atoms. The largest absolute Gasteiger partial charge is 0.491 e. The van der Waals surface area contributed by atoms with Gasteiger partial charge in [0.1, 0.15) is 29.2 Å². The maximum Gasteiger partial charge on any atom is 0.416 e. The standard InChI is InChI=1S/C21H15F4N5O2/c1-29(15-8-32-16-6-10(21(23,24)25)2-3-11(15)16)20(31)12-4-5-13-18(17(12)22)30-9-27-7-14(30)19(26)28-13/h2-7,9,15H,8H2,1H3,(H2,26,28)/t15-/m1/s1. The average Bonchev–Trinajstić information content (AvgIpc) is 3.39. The molecule has 4 aromatic rings. The van der Waals surface area contributed by atoms with Crippen molar-refractivity contribution >= 4 is 28.3 Å². The van der Waals surface area contributed by atoms with Gasteiger partial charge in [0.25, 0.3) is 5.91 Å². The van der Waals surface area contributed by atoms with Crippen LogP contribution in [0.5, 0.6) is 5.75 Å². The highest BCUT2D eigenvalue weighted by Crippen LogP contribution is 2.40. The van der Waals surface area contributed by atoms with Crippen LogP contribution in [0.25, 0.3) is 16.6 Å². The Labute approximate surface area is 178 Å². The fourth-order valence-electron chi connectivity index (χ4n) is 3.91. The van der Waals surface area contributed by atoms with E-state index in [0.717, 1.165) is 12.1 Å². The smallest absolute Gasteiger partial charge is 0.416 e. The first-order valence-electron chi connectivity index (χ1n) is 9.47. The van der Waals surface area contributed by atoms with Crippen molar-refractivity contribution in [2.24, 2.45) is 0 Å². The monoisotopic (exact) mass is 445 g/mol. The normalized spacial score (nSPS) is 15.7. The number of benzene rings is 2. The number of carbonyl (C=O) groups excluding carboxylic acids is 1. The van der Waals surface area contributed by atoms with Crippen LogP contribution in [0.2, 0.25) is 0 Å².